The second-order valence-electron chi connectivity index (χ2n) is 20.4. The van der Waals surface area contributed by atoms with Crippen LogP contribution in [0.3, 0.4) is 0 Å². The van der Waals surface area contributed by atoms with Crippen LogP contribution in [-0.4, -0.2) is 99.6 Å². The number of carbonyl (C=O) groups excluding carboxylic acids is 2. The highest BCUT2D eigenvalue weighted by molar-refractivity contribution is 5.80. The van der Waals surface area contributed by atoms with Crippen molar-refractivity contribution in [2.45, 2.75) is 294 Å². The molecule has 0 saturated carbocycles. The summed E-state index contributed by atoms with van der Waals surface area (Å²) in [6, 6.07) is -1.04. The summed E-state index contributed by atoms with van der Waals surface area (Å²) in [5.74, 6) is -1.24. The molecule has 0 aromatic rings. The molecule has 422 valence electrons. The summed E-state index contributed by atoms with van der Waals surface area (Å²) in [5, 5.41) is 56.9. The van der Waals surface area contributed by atoms with Gasteiger partial charge in [0, 0.05) is 6.42 Å². The zero-order chi connectivity index (χ0) is 53.3. The van der Waals surface area contributed by atoms with E-state index in [-0.39, 0.29) is 19.4 Å². The molecule has 0 bridgehead atoms. The number of allylic oxidation sites excluding steroid dienone is 11. The molecule has 6 N–H and O–H groups in total. The van der Waals surface area contributed by atoms with Gasteiger partial charge in [-0.05, 0) is 70.6 Å². The maximum absolute atomic E-state index is 13.4. The predicted molar refractivity (Wildman–Crippen MR) is 301 cm³/mol. The topological polar surface area (TPSA) is 175 Å². The maximum Gasteiger partial charge on any atom is 0.306 e. The molecular weight excluding hydrogens is 919 g/mol. The fourth-order valence-electron chi connectivity index (χ4n) is 8.95. The third-order valence-corrected chi connectivity index (χ3v) is 13.7. The molecule has 11 heteroatoms. The maximum atomic E-state index is 13.4. The fourth-order valence-corrected chi connectivity index (χ4v) is 8.95. The number of carbonyl (C=O) groups is 2. The minimum Gasteiger partial charge on any atom is -0.454 e. The van der Waals surface area contributed by atoms with Gasteiger partial charge < -0.3 is 45.1 Å². The first-order valence-electron chi connectivity index (χ1n) is 29.8. The number of aliphatic hydroxyl groups is 5. The van der Waals surface area contributed by atoms with Crippen LogP contribution in [0.15, 0.2) is 72.9 Å². The molecule has 8 atom stereocenters. The van der Waals surface area contributed by atoms with Crippen molar-refractivity contribution in [1.82, 2.24) is 5.32 Å². The van der Waals surface area contributed by atoms with Gasteiger partial charge in [-0.25, -0.2) is 0 Å². The molecule has 1 heterocycles. The van der Waals surface area contributed by atoms with Crippen LogP contribution in [0.5, 0.6) is 0 Å². The van der Waals surface area contributed by atoms with Crippen LogP contribution in [0, 0.1) is 0 Å². The fraction of sp³-hybridized carbons (Fsp3) is 0.774. The van der Waals surface area contributed by atoms with E-state index in [1.165, 1.54) is 128 Å². The highest BCUT2D eigenvalue weighted by Gasteiger charge is 2.47. The standard InChI is InChI=1S/C62H109NO10/c1-4-7-10-13-16-19-22-25-26-27-28-29-32-34-37-40-43-46-49-55(66)61(70)63-53(54(65)48-45-42-39-36-33-30-23-20-17-14-11-8-5-2)52-71-62-60(59(69)58(68)56(51-64)72-62)73-57(67)50-47-44-41-38-35-31-24-21-18-15-12-9-6-3/h9,12,15,18,21,24-26,31,35,45,48,53-56,58-60,62,64-66,68-69H,4-8,10-11,13-14,16-17,19-20,22-23,27-30,32-34,36-44,46-47,49-52H2,1-3H3,(H,63,70)/b12-9+,18-15+,24-21-,26-25+,35-31-,48-45+. The van der Waals surface area contributed by atoms with E-state index >= 15 is 0 Å². The Hall–Kier alpha value is -2.90. The monoisotopic (exact) mass is 1030 g/mol. The van der Waals surface area contributed by atoms with Gasteiger partial charge in [-0.2, -0.15) is 0 Å². The Morgan fingerprint density at radius 1 is 0.548 bits per heavy atom. The number of hydrogen-bond donors (Lipinski definition) is 6. The van der Waals surface area contributed by atoms with Gasteiger partial charge in [0.1, 0.15) is 24.4 Å². The summed E-state index contributed by atoms with van der Waals surface area (Å²) >= 11 is 0. The van der Waals surface area contributed by atoms with E-state index in [0.29, 0.717) is 12.8 Å². The molecule has 1 aliphatic rings. The van der Waals surface area contributed by atoms with Crippen LogP contribution in [0.4, 0.5) is 0 Å². The third-order valence-electron chi connectivity index (χ3n) is 13.7. The highest BCUT2D eigenvalue weighted by atomic mass is 16.7. The Labute approximate surface area is 445 Å². The van der Waals surface area contributed by atoms with Gasteiger partial charge in [0.25, 0.3) is 0 Å². The van der Waals surface area contributed by atoms with Crippen molar-refractivity contribution in [3.05, 3.63) is 72.9 Å². The number of amides is 1. The SMILES string of the molecule is CC/C=C/C=C/C=C\C=C/CCCCCC(=O)OC1C(OCC(NC(=O)C(O)CCCCCCCCCC/C=C/CCCCCCCC)C(O)/C=C/CCCCCCCCCCCCC)OC(CO)C(O)C1O. The quantitative estimate of drug-likeness (QED) is 0.0149. The summed E-state index contributed by atoms with van der Waals surface area (Å²) in [5.41, 5.74) is 0. The number of unbranched alkanes of at least 4 members (excludes halogenated alkanes) is 28. The van der Waals surface area contributed by atoms with Gasteiger partial charge in [0.2, 0.25) is 5.91 Å². The van der Waals surface area contributed by atoms with E-state index in [9.17, 15) is 35.1 Å². The first-order valence-corrected chi connectivity index (χ1v) is 29.8. The summed E-state index contributed by atoms with van der Waals surface area (Å²) in [6.07, 6.45) is 52.3. The molecule has 0 aromatic carbocycles. The number of hydrogen-bond acceptors (Lipinski definition) is 10. The number of esters is 1. The van der Waals surface area contributed by atoms with Crippen LogP contribution in [-0.2, 0) is 23.8 Å². The summed E-state index contributed by atoms with van der Waals surface area (Å²) in [6.45, 7) is 5.61. The van der Waals surface area contributed by atoms with Crippen molar-refractivity contribution >= 4 is 11.9 Å². The molecule has 1 amide bonds. The van der Waals surface area contributed by atoms with Gasteiger partial charge in [0.05, 0.1) is 25.4 Å². The smallest absolute Gasteiger partial charge is 0.306 e. The lowest BCUT2D eigenvalue weighted by Crippen LogP contribution is -2.61. The van der Waals surface area contributed by atoms with Crippen LogP contribution in [0.1, 0.15) is 245 Å². The Morgan fingerprint density at radius 2 is 1.00 bits per heavy atom. The molecule has 73 heavy (non-hydrogen) atoms. The molecule has 1 rings (SSSR count). The van der Waals surface area contributed by atoms with Crippen molar-refractivity contribution in [2.75, 3.05) is 13.2 Å². The van der Waals surface area contributed by atoms with E-state index in [1.54, 1.807) is 6.08 Å². The molecule has 0 aliphatic carbocycles. The predicted octanol–water partition coefficient (Wildman–Crippen LogP) is 13.6. The molecule has 11 nitrogen and oxygen atoms in total. The Balaban J connectivity index is 2.73. The molecule has 0 spiro atoms. The highest BCUT2D eigenvalue weighted by Crippen LogP contribution is 2.26. The number of rotatable bonds is 49. The first kappa shape index (κ1) is 68.1. The first-order chi connectivity index (χ1) is 35.7. The van der Waals surface area contributed by atoms with E-state index in [2.05, 4.69) is 50.4 Å². The minimum absolute atomic E-state index is 0.0752. The largest absolute Gasteiger partial charge is 0.454 e. The molecule has 0 aromatic heterocycles. The Morgan fingerprint density at radius 3 is 1.52 bits per heavy atom. The van der Waals surface area contributed by atoms with Gasteiger partial charge in [-0.15, -0.1) is 0 Å². The molecular formula is C62H109NO10. The molecule has 8 unspecified atom stereocenters. The Kier molecular flexibility index (Phi) is 46.6. The number of aliphatic hydroxyl groups excluding tert-OH is 5. The van der Waals surface area contributed by atoms with E-state index in [1.807, 2.05) is 42.5 Å². The second-order valence-corrected chi connectivity index (χ2v) is 20.4. The van der Waals surface area contributed by atoms with Crippen molar-refractivity contribution in [3.63, 3.8) is 0 Å². The lowest BCUT2D eigenvalue weighted by Gasteiger charge is -2.41. The van der Waals surface area contributed by atoms with E-state index < -0.39 is 67.4 Å². The van der Waals surface area contributed by atoms with Crippen LogP contribution >= 0.6 is 0 Å². The zero-order valence-electron chi connectivity index (χ0n) is 46.5. The zero-order valence-corrected chi connectivity index (χ0v) is 46.5. The molecule has 0 radical (unpaired) electrons. The van der Waals surface area contributed by atoms with Gasteiger partial charge in [-0.1, -0.05) is 241 Å². The number of nitrogens with one attached hydrogen (secondary N) is 1. The van der Waals surface area contributed by atoms with Crippen molar-refractivity contribution in [1.29, 1.82) is 0 Å². The average Bonchev–Trinajstić information content (AvgIpc) is 3.39. The van der Waals surface area contributed by atoms with Crippen molar-refractivity contribution < 1.29 is 49.3 Å². The van der Waals surface area contributed by atoms with E-state index in [0.717, 1.165) is 70.6 Å². The third kappa shape index (κ3) is 38.3. The normalized spacial score (nSPS) is 19.9. The molecule has 1 aliphatic heterocycles. The molecule has 1 saturated heterocycles. The number of ether oxygens (including phenoxy) is 3. The van der Waals surface area contributed by atoms with E-state index in [4.69, 9.17) is 14.2 Å². The van der Waals surface area contributed by atoms with Crippen LogP contribution < -0.4 is 5.32 Å². The Bertz CT molecular complexity index is 1460. The minimum atomic E-state index is -1.63. The summed E-state index contributed by atoms with van der Waals surface area (Å²) in [7, 11) is 0. The lowest BCUT2D eigenvalue weighted by molar-refractivity contribution is -0.305. The van der Waals surface area contributed by atoms with Crippen molar-refractivity contribution in [3.8, 4) is 0 Å². The summed E-state index contributed by atoms with van der Waals surface area (Å²) < 4.78 is 17.5. The van der Waals surface area contributed by atoms with Gasteiger partial charge in [0.15, 0.2) is 12.4 Å². The second kappa shape index (κ2) is 49.9. The van der Waals surface area contributed by atoms with Crippen LogP contribution in [0.25, 0.3) is 0 Å². The summed E-state index contributed by atoms with van der Waals surface area (Å²) in [4.78, 5) is 26.5. The molecule has 1 fully saturated rings. The van der Waals surface area contributed by atoms with Crippen molar-refractivity contribution in [2.24, 2.45) is 0 Å². The van der Waals surface area contributed by atoms with Gasteiger partial charge in [-0.3, -0.25) is 9.59 Å². The average molecular weight is 1030 g/mol. The van der Waals surface area contributed by atoms with Gasteiger partial charge >= 0.3 is 5.97 Å². The lowest BCUT2D eigenvalue weighted by atomic mass is 9.99. The van der Waals surface area contributed by atoms with Crippen LogP contribution in [0.2, 0.25) is 0 Å².